The van der Waals surface area contributed by atoms with Crippen LogP contribution < -0.4 is 10.6 Å². The Kier molecular flexibility index (Phi) is 4.10. The number of para-hydroxylation sites is 1. The maximum Gasteiger partial charge on any atom is 0.225 e. The molecule has 1 aromatic rings. The molecular weight excluding hydrogens is 240 g/mol. The summed E-state index contributed by atoms with van der Waals surface area (Å²) in [5.41, 5.74) is 1.47. The van der Waals surface area contributed by atoms with Gasteiger partial charge in [0.15, 0.2) is 0 Å². The number of hydrogen-bond donors (Lipinski definition) is 3. The molecule has 1 amide bonds. The summed E-state index contributed by atoms with van der Waals surface area (Å²) in [5, 5.41) is 16.0. The second-order valence-corrected chi connectivity index (χ2v) is 5.51. The topological polar surface area (TPSA) is 61.4 Å². The van der Waals surface area contributed by atoms with E-state index in [0.29, 0.717) is 19.5 Å². The van der Waals surface area contributed by atoms with Crippen LogP contribution in [0.3, 0.4) is 0 Å². The summed E-state index contributed by atoms with van der Waals surface area (Å²) in [6, 6.07) is 8.06. The van der Waals surface area contributed by atoms with Gasteiger partial charge in [-0.2, -0.15) is 0 Å². The van der Waals surface area contributed by atoms with Gasteiger partial charge in [-0.25, -0.2) is 0 Å². The molecule has 2 unspecified atom stereocenters. The molecule has 0 radical (unpaired) electrons. The monoisotopic (exact) mass is 262 g/mol. The molecule has 0 bridgehead atoms. The SMILES string of the molecule is CCC(C)(O)CNC(=O)C1CNc2ccccc2C1. The Morgan fingerprint density at radius 3 is 3.00 bits per heavy atom. The molecule has 3 N–H and O–H groups in total. The fraction of sp³-hybridized carbons (Fsp3) is 0.533. The van der Waals surface area contributed by atoms with Gasteiger partial charge in [-0.05, 0) is 31.4 Å². The zero-order valence-corrected chi connectivity index (χ0v) is 11.6. The Bertz CT molecular complexity index is 457. The van der Waals surface area contributed by atoms with Crippen LogP contribution in [0, 0.1) is 5.92 Å². The van der Waals surface area contributed by atoms with Gasteiger partial charge in [-0.1, -0.05) is 25.1 Å². The molecule has 1 aromatic carbocycles. The molecule has 2 rings (SSSR count). The fourth-order valence-corrected chi connectivity index (χ4v) is 2.17. The van der Waals surface area contributed by atoms with Gasteiger partial charge in [0.2, 0.25) is 5.91 Å². The number of fused-ring (bicyclic) bond motifs is 1. The lowest BCUT2D eigenvalue weighted by Gasteiger charge is -2.27. The van der Waals surface area contributed by atoms with E-state index in [4.69, 9.17) is 0 Å². The van der Waals surface area contributed by atoms with Crippen molar-refractivity contribution < 1.29 is 9.90 Å². The highest BCUT2D eigenvalue weighted by molar-refractivity contribution is 5.80. The largest absolute Gasteiger partial charge is 0.388 e. The van der Waals surface area contributed by atoms with E-state index in [1.807, 2.05) is 31.2 Å². The van der Waals surface area contributed by atoms with E-state index in [1.54, 1.807) is 6.92 Å². The van der Waals surface area contributed by atoms with Crippen molar-refractivity contribution in [1.82, 2.24) is 5.32 Å². The molecule has 4 heteroatoms. The Labute approximate surface area is 114 Å². The van der Waals surface area contributed by atoms with E-state index in [1.165, 1.54) is 5.56 Å². The van der Waals surface area contributed by atoms with Crippen molar-refractivity contribution in [3.05, 3.63) is 29.8 Å². The van der Waals surface area contributed by atoms with Crippen LogP contribution in [-0.4, -0.2) is 29.7 Å². The third kappa shape index (κ3) is 3.47. The smallest absolute Gasteiger partial charge is 0.225 e. The molecule has 0 spiro atoms. The van der Waals surface area contributed by atoms with Crippen LogP contribution in [-0.2, 0) is 11.2 Å². The Morgan fingerprint density at radius 1 is 1.53 bits per heavy atom. The minimum absolute atomic E-state index is 0.00993. The first kappa shape index (κ1) is 13.9. The van der Waals surface area contributed by atoms with Gasteiger partial charge in [-0.15, -0.1) is 0 Å². The zero-order valence-electron chi connectivity index (χ0n) is 11.6. The standard InChI is InChI=1S/C15H22N2O2/c1-3-15(2,19)10-17-14(18)12-8-11-6-4-5-7-13(11)16-9-12/h4-7,12,16,19H,3,8-10H2,1-2H3,(H,17,18). The van der Waals surface area contributed by atoms with Crippen molar-refractivity contribution in [1.29, 1.82) is 0 Å². The van der Waals surface area contributed by atoms with Crippen LogP contribution in [0.1, 0.15) is 25.8 Å². The molecule has 104 valence electrons. The molecule has 1 aliphatic heterocycles. The maximum absolute atomic E-state index is 12.1. The third-order valence-electron chi connectivity index (χ3n) is 3.80. The quantitative estimate of drug-likeness (QED) is 0.771. The summed E-state index contributed by atoms with van der Waals surface area (Å²) in [4.78, 5) is 12.1. The zero-order chi connectivity index (χ0) is 13.9. The second-order valence-electron chi connectivity index (χ2n) is 5.51. The van der Waals surface area contributed by atoms with Crippen molar-refractivity contribution in [2.45, 2.75) is 32.3 Å². The molecule has 1 heterocycles. The summed E-state index contributed by atoms with van der Waals surface area (Å²) in [6.07, 6.45) is 1.38. The molecule has 0 saturated heterocycles. The van der Waals surface area contributed by atoms with Gasteiger partial charge in [0, 0.05) is 18.8 Å². The first-order valence-corrected chi connectivity index (χ1v) is 6.84. The van der Waals surface area contributed by atoms with E-state index in [2.05, 4.69) is 10.6 Å². The van der Waals surface area contributed by atoms with Crippen molar-refractivity contribution in [2.24, 2.45) is 5.92 Å². The number of amides is 1. The van der Waals surface area contributed by atoms with Crippen LogP contribution >= 0.6 is 0 Å². The van der Waals surface area contributed by atoms with Crippen molar-refractivity contribution >= 4 is 11.6 Å². The minimum Gasteiger partial charge on any atom is -0.388 e. The summed E-state index contributed by atoms with van der Waals surface area (Å²) >= 11 is 0. The normalized spacial score (nSPS) is 20.9. The van der Waals surface area contributed by atoms with Gasteiger partial charge >= 0.3 is 0 Å². The number of hydrogen-bond acceptors (Lipinski definition) is 3. The molecule has 2 atom stereocenters. The van der Waals surface area contributed by atoms with Crippen molar-refractivity contribution in [2.75, 3.05) is 18.4 Å². The predicted octanol–water partition coefficient (Wildman–Crippen LogP) is 1.55. The highest BCUT2D eigenvalue weighted by atomic mass is 16.3. The third-order valence-corrected chi connectivity index (χ3v) is 3.80. The number of anilines is 1. The summed E-state index contributed by atoms with van der Waals surface area (Å²) in [6.45, 7) is 4.60. The summed E-state index contributed by atoms with van der Waals surface area (Å²) < 4.78 is 0. The average Bonchev–Trinajstić information content (AvgIpc) is 2.44. The number of carbonyl (C=O) groups excluding carboxylic acids is 1. The molecule has 0 fully saturated rings. The first-order chi connectivity index (χ1) is 9.02. The van der Waals surface area contributed by atoms with Crippen molar-refractivity contribution in [3.8, 4) is 0 Å². The van der Waals surface area contributed by atoms with Crippen LogP contribution in [0.25, 0.3) is 0 Å². The van der Waals surface area contributed by atoms with Gasteiger partial charge < -0.3 is 15.7 Å². The highest BCUT2D eigenvalue weighted by Crippen LogP contribution is 2.24. The summed E-state index contributed by atoms with van der Waals surface area (Å²) in [5.74, 6) is -0.0571. The summed E-state index contributed by atoms with van der Waals surface area (Å²) in [7, 11) is 0. The van der Waals surface area contributed by atoms with Crippen LogP contribution in [0.4, 0.5) is 5.69 Å². The van der Waals surface area contributed by atoms with E-state index in [0.717, 1.165) is 12.1 Å². The lowest BCUT2D eigenvalue weighted by Crippen LogP contribution is -2.45. The molecule has 4 nitrogen and oxygen atoms in total. The van der Waals surface area contributed by atoms with Crippen molar-refractivity contribution in [3.63, 3.8) is 0 Å². The number of nitrogens with one attached hydrogen (secondary N) is 2. The molecular formula is C15H22N2O2. The van der Waals surface area contributed by atoms with Gasteiger partial charge in [0.1, 0.15) is 0 Å². The van der Waals surface area contributed by atoms with E-state index >= 15 is 0 Å². The Hall–Kier alpha value is -1.55. The lowest BCUT2D eigenvalue weighted by molar-refractivity contribution is -0.125. The second kappa shape index (κ2) is 5.61. The predicted molar refractivity (Wildman–Crippen MR) is 76.1 cm³/mol. The molecule has 19 heavy (non-hydrogen) atoms. The van der Waals surface area contributed by atoms with Crippen LogP contribution in [0.15, 0.2) is 24.3 Å². The Balaban J connectivity index is 1.92. The first-order valence-electron chi connectivity index (χ1n) is 6.84. The van der Waals surface area contributed by atoms with Gasteiger partial charge in [0.25, 0.3) is 0 Å². The van der Waals surface area contributed by atoms with Gasteiger partial charge in [-0.3, -0.25) is 4.79 Å². The van der Waals surface area contributed by atoms with E-state index in [-0.39, 0.29) is 11.8 Å². The van der Waals surface area contributed by atoms with E-state index < -0.39 is 5.60 Å². The fourth-order valence-electron chi connectivity index (χ4n) is 2.17. The maximum atomic E-state index is 12.1. The lowest BCUT2D eigenvalue weighted by atomic mass is 9.93. The highest BCUT2D eigenvalue weighted by Gasteiger charge is 2.26. The number of benzene rings is 1. The van der Waals surface area contributed by atoms with E-state index in [9.17, 15) is 9.90 Å². The number of carbonyl (C=O) groups is 1. The average molecular weight is 262 g/mol. The Morgan fingerprint density at radius 2 is 2.26 bits per heavy atom. The molecule has 0 aliphatic carbocycles. The molecule has 1 aliphatic rings. The number of aliphatic hydroxyl groups is 1. The van der Waals surface area contributed by atoms with Gasteiger partial charge in [0.05, 0.1) is 11.5 Å². The minimum atomic E-state index is -0.824. The van der Waals surface area contributed by atoms with Crippen LogP contribution in [0.2, 0.25) is 0 Å². The number of rotatable bonds is 4. The van der Waals surface area contributed by atoms with Crippen LogP contribution in [0.5, 0.6) is 0 Å². The molecule has 0 saturated carbocycles. The molecule has 0 aromatic heterocycles.